The van der Waals surface area contributed by atoms with Crippen molar-refractivity contribution in [3.63, 3.8) is 0 Å². The zero-order valence-electron chi connectivity index (χ0n) is 11.1. The summed E-state index contributed by atoms with van der Waals surface area (Å²) in [6, 6.07) is 8.16. The third kappa shape index (κ3) is 6.48. The van der Waals surface area contributed by atoms with Gasteiger partial charge in [-0.1, -0.05) is 26.0 Å². The first-order valence-corrected chi connectivity index (χ1v) is 5.74. The van der Waals surface area contributed by atoms with E-state index in [0.717, 1.165) is 5.69 Å². The first-order valence-electron chi connectivity index (χ1n) is 5.74. The first-order chi connectivity index (χ1) is 8.26. The molecule has 3 N–H and O–H groups in total. The van der Waals surface area contributed by atoms with Gasteiger partial charge >= 0.3 is 0 Å². The number of nitrogens with one attached hydrogen (secondary N) is 3. The lowest BCUT2D eigenvalue weighted by Gasteiger charge is -2.09. The Morgan fingerprint density at radius 1 is 1.24 bits per heavy atom. The van der Waals surface area contributed by atoms with Crippen LogP contribution >= 0.6 is 0 Å². The van der Waals surface area contributed by atoms with Crippen LogP contribution in [0.3, 0.4) is 0 Å². The molecule has 0 saturated carbocycles. The molecule has 1 aromatic rings. The minimum atomic E-state index is 0.502. The molecule has 0 atom stereocenters. The highest BCUT2D eigenvalue weighted by atomic mass is 16.5. The molecule has 96 valence electrons. The van der Waals surface area contributed by atoms with Gasteiger partial charge in [-0.2, -0.15) is 0 Å². The van der Waals surface area contributed by atoms with Crippen LogP contribution in [-0.4, -0.2) is 14.2 Å². The molecule has 4 heteroatoms. The van der Waals surface area contributed by atoms with Crippen molar-refractivity contribution in [3.05, 3.63) is 42.3 Å². The van der Waals surface area contributed by atoms with Crippen LogP contribution in [0.4, 0.5) is 5.69 Å². The number of anilines is 1. The summed E-state index contributed by atoms with van der Waals surface area (Å²) in [5, 5.41) is 3.07. The highest BCUT2D eigenvalue weighted by Gasteiger charge is 1.93. The van der Waals surface area contributed by atoms with Crippen molar-refractivity contribution >= 4 is 5.69 Å². The predicted octanol–water partition coefficient (Wildman–Crippen LogP) is 2.47. The Labute approximate surface area is 104 Å². The van der Waals surface area contributed by atoms with E-state index < -0.39 is 0 Å². The molecule has 0 bridgehead atoms. The van der Waals surface area contributed by atoms with Gasteiger partial charge in [0.25, 0.3) is 0 Å². The molecule has 0 aliphatic rings. The monoisotopic (exact) mass is 237 g/mol. The molecule has 0 radical (unpaired) electrons. The van der Waals surface area contributed by atoms with Crippen LogP contribution in [0.5, 0.6) is 0 Å². The van der Waals surface area contributed by atoms with E-state index in [-0.39, 0.29) is 0 Å². The summed E-state index contributed by atoms with van der Waals surface area (Å²) in [6.07, 6.45) is 0. The van der Waals surface area contributed by atoms with Crippen molar-refractivity contribution in [1.82, 2.24) is 10.9 Å². The van der Waals surface area contributed by atoms with Gasteiger partial charge in [-0.05, 0) is 24.3 Å². The molecule has 4 nitrogen and oxygen atoms in total. The molecular formula is C13H23N3O. The van der Waals surface area contributed by atoms with Gasteiger partial charge in [0.05, 0.1) is 7.11 Å². The number of benzene rings is 1. The Morgan fingerprint density at radius 3 is 2.29 bits per heavy atom. The second kappa shape index (κ2) is 9.54. The summed E-state index contributed by atoms with van der Waals surface area (Å²) in [5.41, 5.74) is 8.11. The van der Waals surface area contributed by atoms with E-state index in [1.807, 2.05) is 33.0 Å². The third-order valence-corrected chi connectivity index (χ3v) is 2.01. The van der Waals surface area contributed by atoms with E-state index in [9.17, 15) is 0 Å². The Kier molecular flexibility index (Phi) is 8.60. The maximum atomic E-state index is 4.85. The van der Waals surface area contributed by atoms with Gasteiger partial charge in [0.2, 0.25) is 0 Å². The Balaban J connectivity index is 0.00000121. The molecular weight excluding hydrogens is 214 g/mol. The van der Waals surface area contributed by atoms with Gasteiger partial charge < -0.3 is 10.1 Å². The number of rotatable bonds is 6. The van der Waals surface area contributed by atoms with Crippen LogP contribution in [0.15, 0.2) is 36.7 Å². The van der Waals surface area contributed by atoms with Crippen LogP contribution in [-0.2, 0) is 11.3 Å². The van der Waals surface area contributed by atoms with Gasteiger partial charge in [-0.3, -0.25) is 5.43 Å². The van der Waals surface area contributed by atoms with Crippen LogP contribution in [0.1, 0.15) is 19.4 Å². The molecule has 0 amide bonds. The van der Waals surface area contributed by atoms with Gasteiger partial charge in [0.1, 0.15) is 0 Å². The molecule has 0 saturated heterocycles. The van der Waals surface area contributed by atoms with Gasteiger partial charge in [0, 0.05) is 19.3 Å². The predicted molar refractivity (Wildman–Crippen MR) is 73.5 cm³/mol. The summed E-state index contributed by atoms with van der Waals surface area (Å²) in [5.74, 6) is 0.502. The second-order valence-corrected chi connectivity index (χ2v) is 3.05. The largest absolute Gasteiger partial charge is 0.482 e. The van der Waals surface area contributed by atoms with E-state index >= 15 is 0 Å². The fourth-order valence-electron chi connectivity index (χ4n) is 1.09. The van der Waals surface area contributed by atoms with Crippen molar-refractivity contribution in [2.45, 2.75) is 20.4 Å². The summed E-state index contributed by atoms with van der Waals surface area (Å²) in [7, 11) is 3.47. The minimum Gasteiger partial charge on any atom is -0.482 e. The van der Waals surface area contributed by atoms with Crippen LogP contribution in [0, 0.1) is 0 Å². The third-order valence-electron chi connectivity index (χ3n) is 2.01. The maximum Gasteiger partial charge on any atom is 0.193 e. The minimum absolute atomic E-state index is 0.502. The standard InChI is InChI=1S/C11H17N3O.C2H6/c1-9(15-3)14-13-8-10-4-6-11(12-2)7-5-10;1-2/h4-7,12-14H,1,8H2,2-3H3;1-2H3. The lowest BCUT2D eigenvalue weighted by molar-refractivity contribution is 0.249. The SMILES string of the molecule is C=C(NNCc1ccc(NC)cc1)OC.CC. The van der Waals surface area contributed by atoms with Crippen molar-refractivity contribution in [2.75, 3.05) is 19.5 Å². The number of hydrogen-bond donors (Lipinski definition) is 3. The summed E-state index contributed by atoms with van der Waals surface area (Å²) in [4.78, 5) is 0. The molecule has 0 aromatic heterocycles. The molecule has 0 aliphatic carbocycles. The van der Waals surface area contributed by atoms with E-state index in [0.29, 0.717) is 12.4 Å². The smallest absolute Gasteiger partial charge is 0.193 e. The number of ether oxygens (including phenoxy) is 1. The van der Waals surface area contributed by atoms with Crippen molar-refractivity contribution in [3.8, 4) is 0 Å². The van der Waals surface area contributed by atoms with Crippen LogP contribution in [0.2, 0.25) is 0 Å². The van der Waals surface area contributed by atoms with E-state index in [1.165, 1.54) is 5.56 Å². The van der Waals surface area contributed by atoms with Crippen molar-refractivity contribution in [1.29, 1.82) is 0 Å². The highest BCUT2D eigenvalue weighted by Crippen LogP contribution is 2.07. The number of hydrazine groups is 1. The molecule has 0 unspecified atom stereocenters. The fourth-order valence-corrected chi connectivity index (χ4v) is 1.09. The topological polar surface area (TPSA) is 45.3 Å². The second-order valence-electron chi connectivity index (χ2n) is 3.05. The molecule has 0 fully saturated rings. The van der Waals surface area contributed by atoms with Crippen LogP contribution in [0.25, 0.3) is 0 Å². The summed E-state index contributed by atoms with van der Waals surface area (Å²) < 4.78 is 4.85. The fraction of sp³-hybridized carbons (Fsp3) is 0.385. The zero-order chi connectivity index (χ0) is 13.1. The first kappa shape index (κ1) is 15.3. The van der Waals surface area contributed by atoms with Gasteiger partial charge in [-0.15, -0.1) is 0 Å². The number of hydrogen-bond acceptors (Lipinski definition) is 4. The van der Waals surface area contributed by atoms with Gasteiger partial charge in [-0.25, -0.2) is 5.43 Å². The Hall–Kier alpha value is -1.68. The van der Waals surface area contributed by atoms with Gasteiger partial charge in [0.15, 0.2) is 5.88 Å². The van der Waals surface area contributed by atoms with Crippen LogP contribution < -0.4 is 16.2 Å². The highest BCUT2D eigenvalue weighted by molar-refractivity contribution is 5.43. The zero-order valence-corrected chi connectivity index (χ0v) is 11.1. The normalized spacial score (nSPS) is 8.71. The molecule has 0 aliphatic heterocycles. The Bertz CT molecular complexity index is 309. The molecule has 1 rings (SSSR count). The number of methoxy groups -OCH3 is 1. The average Bonchev–Trinajstić information content (AvgIpc) is 2.41. The molecule has 0 spiro atoms. The molecule has 1 aromatic carbocycles. The lowest BCUT2D eigenvalue weighted by atomic mass is 10.2. The lowest BCUT2D eigenvalue weighted by Crippen LogP contribution is -2.30. The summed E-state index contributed by atoms with van der Waals surface area (Å²) >= 11 is 0. The average molecular weight is 237 g/mol. The van der Waals surface area contributed by atoms with Crippen molar-refractivity contribution in [2.24, 2.45) is 0 Å². The quantitative estimate of drug-likeness (QED) is 0.525. The maximum absolute atomic E-state index is 4.85. The van der Waals surface area contributed by atoms with E-state index in [1.54, 1.807) is 7.11 Å². The van der Waals surface area contributed by atoms with E-state index in [2.05, 4.69) is 34.9 Å². The molecule has 0 heterocycles. The van der Waals surface area contributed by atoms with Crippen molar-refractivity contribution < 1.29 is 4.74 Å². The van der Waals surface area contributed by atoms with E-state index in [4.69, 9.17) is 4.74 Å². The summed E-state index contributed by atoms with van der Waals surface area (Å²) in [6.45, 7) is 8.34. The Morgan fingerprint density at radius 2 is 1.82 bits per heavy atom. The molecule has 17 heavy (non-hydrogen) atoms.